The van der Waals surface area contributed by atoms with Crippen LogP contribution in [0.1, 0.15) is 13.8 Å². The molecule has 0 amide bonds. The summed E-state index contributed by atoms with van der Waals surface area (Å²) < 4.78 is 11.0. The van der Waals surface area contributed by atoms with Gasteiger partial charge < -0.3 is 9.47 Å². The molecule has 0 aliphatic rings. The predicted molar refractivity (Wildman–Crippen MR) is 85.9 cm³/mol. The minimum absolute atomic E-state index is 0.159. The van der Waals surface area contributed by atoms with Crippen molar-refractivity contribution in [2.45, 2.75) is 19.4 Å². The third-order valence-electron chi connectivity index (χ3n) is 2.90. The largest absolute Gasteiger partial charge is 0.480 e. The normalized spacial score (nSPS) is 11.1. The number of hydrogen-bond acceptors (Lipinski definition) is 4. The zero-order valence-electron chi connectivity index (χ0n) is 12.2. The van der Waals surface area contributed by atoms with E-state index in [4.69, 9.17) is 32.7 Å². The van der Waals surface area contributed by atoms with Gasteiger partial charge in [0.05, 0.1) is 0 Å². The second-order valence-corrected chi connectivity index (χ2v) is 5.90. The van der Waals surface area contributed by atoms with E-state index < -0.39 is 5.60 Å². The molecule has 116 valence electrons. The van der Waals surface area contributed by atoms with Crippen molar-refractivity contribution in [1.29, 1.82) is 0 Å². The van der Waals surface area contributed by atoms with E-state index in [1.807, 2.05) is 0 Å². The Morgan fingerprint density at radius 2 is 1.82 bits per heavy atom. The summed E-state index contributed by atoms with van der Waals surface area (Å²) in [5, 5.41) is 0.911. The van der Waals surface area contributed by atoms with Crippen molar-refractivity contribution in [1.82, 2.24) is 4.98 Å². The number of hydrogen-bond donors (Lipinski definition) is 0. The Morgan fingerprint density at radius 3 is 2.45 bits per heavy atom. The molecule has 0 spiro atoms. The Labute approximate surface area is 139 Å². The highest BCUT2D eigenvalue weighted by atomic mass is 35.5. The van der Waals surface area contributed by atoms with Crippen LogP contribution in [0, 0.1) is 0 Å². The van der Waals surface area contributed by atoms with Crippen molar-refractivity contribution < 1.29 is 14.3 Å². The third kappa shape index (κ3) is 4.61. The van der Waals surface area contributed by atoms with Crippen molar-refractivity contribution in [3.05, 3.63) is 52.6 Å². The Kier molecular flexibility index (Phi) is 5.27. The number of pyridine rings is 1. The van der Waals surface area contributed by atoms with Crippen LogP contribution in [0.5, 0.6) is 11.6 Å². The van der Waals surface area contributed by atoms with Gasteiger partial charge in [0.25, 0.3) is 0 Å². The molecule has 0 unspecified atom stereocenters. The lowest BCUT2D eigenvalue weighted by Crippen LogP contribution is -2.41. The smallest absolute Gasteiger partial charge is 0.215 e. The van der Waals surface area contributed by atoms with Gasteiger partial charge in [-0.15, -0.1) is 0 Å². The summed E-state index contributed by atoms with van der Waals surface area (Å²) in [7, 11) is 0. The van der Waals surface area contributed by atoms with E-state index in [0.717, 1.165) is 0 Å². The Balaban J connectivity index is 1.96. The minimum Gasteiger partial charge on any atom is -0.480 e. The average molecular weight is 340 g/mol. The number of carbonyl (C=O) groups is 1. The SMILES string of the molecule is CC(C)(Oc1ccc(Cl)cc1)C(=O)COc1cccc(Cl)n1. The number of rotatable bonds is 6. The Hall–Kier alpha value is -1.78. The molecular formula is C16H15Cl2NO3. The molecule has 0 saturated heterocycles. The lowest BCUT2D eigenvalue weighted by atomic mass is 10.0. The van der Waals surface area contributed by atoms with E-state index in [0.29, 0.717) is 21.8 Å². The summed E-state index contributed by atoms with van der Waals surface area (Å²) >= 11 is 11.6. The average Bonchev–Trinajstić information content (AvgIpc) is 2.47. The molecule has 1 aromatic heterocycles. The first-order valence-corrected chi connectivity index (χ1v) is 7.36. The summed E-state index contributed by atoms with van der Waals surface area (Å²) in [5.41, 5.74) is -1.04. The molecule has 0 radical (unpaired) electrons. The molecule has 0 N–H and O–H groups in total. The van der Waals surface area contributed by atoms with Gasteiger partial charge in [0.15, 0.2) is 12.2 Å². The van der Waals surface area contributed by atoms with Gasteiger partial charge in [0.1, 0.15) is 10.9 Å². The van der Waals surface area contributed by atoms with Crippen LogP contribution in [0.15, 0.2) is 42.5 Å². The maximum Gasteiger partial charge on any atom is 0.215 e. The van der Waals surface area contributed by atoms with Crippen LogP contribution in [0.2, 0.25) is 10.2 Å². The van der Waals surface area contributed by atoms with Crippen LogP contribution in [-0.2, 0) is 4.79 Å². The van der Waals surface area contributed by atoms with Gasteiger partial charge in [-0.3, -0.25) is 4.79 Å². The lowest BCUT2D eigenvalue weighted by Gasteiger charge is -2.24. The standard InChI is InChI=1S/C16H15Cl2NO3/c1-16(2,22-12-8-6-11(17)7-9-12)13(20)10-21-15-5-3-4-14(18)19-15/h3-9H,10H2,1-2H3. The van der Waals surface area contributed by atoms with Crippen LogP contribution in [0.25, 0.3) is 0 Å². The minimum atomic E-state index is -1.04. The number of ketones is 1. The number of benzene rings is 1. The molecule has 0 fully saturated rings. The highest BCUT2D eigenvalue weighted by Gasteiger charge is 2.30. The molecule has 22 heavy (non-hydrogen) atoms. The Bertz CT molecular complexity index is 657. The Morgan fingerprint density at radius 1 is 1.14 bits per heavy atom. The first kappa shape index (κ1) is 16.6. The fraction of sp³-hybridized carbons (Fsp3) is 0.250. The van der Waals surface area contributed by atoms with Crippen molar-refractivity contribution in [2.75, 3.05) is 6.61 Å². The van der Waals surface area contributed by atoms with E-state index in [2.05, 4.69) is 4.98 Å². The maximum absolute atomic E-state index is 12.3. The molecular weight excluding hydrogens is 325 g/mol. The summed E-state index contributed by atoms with van der Waals surface area (Å²) in [6.45, 7) is 3.20. The lowest BCUT2D eigenvalue weighted by molar-refractivity contribution is -0.134. The quantitative estimate of drug-likeness (QED) is 0.740. The van der Waals surface area contributed by atoms with E-state index in [1.165, 1.54) is 0 Å². The molecule has 1 aromatic carbocycles. The van der Waals surface area contributed by atoms with E-state index in [1.54, 1.807) is 56.3 Å². The van der Waals surface area contributed by atoms with Crippen LogP contribution >= 0.6 is 23.2 Å². The summed E-state index contributed by atoms with van der Waals surface area (Å²) in [4.78, 5) is 16.2. The monoisotopic (exact) mass is 339 g/mol. The van der Waals surface area contributed by atoms with Crippen molar-refractivity contribution >= 4 is 29.0 Å². The zero-order chi connectivity index (χ0) is 16.2. The number of halogens is 2. The van der Waals surface area contributed by atoms with Crippen LogP contribution in [0.4, 0.5) is 0 Å². The molecule has 0 aliphatic carbocycles. The number of Topliss-reactive ketones (excluding diaryl/α,β-unsaturated/α-hetero) is 1. The van der Waals surface area contributed by atoms with Gasteiger partial charge >= 0.3 is 0 Å². The highest BCUT2D eigenvalue weighted by Crippen LogP contribution is 2.22. The van der Waals surface area contributed by atoms with Crippen LogP contribution in [0.3, 0.4) is 0 Å². The second-order valence-electron chi connectivity index (χ2n) is 5.08. The first-order valence-electron chi connectivity index (χ1n) is 6.60. The van der Waals surface area contributed by atoms with Crippen molar-refractivity contribution in [3.8, 4) is 11.6 Å². The number of aromatic nitrogens is 1. The molecule has 0 saturated carbocycles. The molecule has 0 aliphatic heterocycles. The first-order chi connectivity index (χ1) is 10.4. The van der Waals surface area contributed by atoms with E-state index >= 15 is 0 Å². The molecule has 2 rings (SSSR count). The van der Waals surface area contributed by atoms with Gasteiger partial charge in [0, 0.05) is 11.1 Å². The van der Waals surface area contributed by atoms with Gasteiger partial charge in [-0.2, -0.15) is 0 Å². The highest BCUT2D eigenvalue weighted by molar-refractivity contribution is 6.30. The van der Waals surface area contributed by atoms with Gasteiger partial charge in [0.2, 0.25) is 11.7 Å². The molecule has 0 atom stereocenters. The number of carbonyl (C=O) groups excluding carboxylic acids is 1. The van der Waals surface area contributed by atoms with E-state index in [9.17, 15) is 4.79 Å². The molecule has 4 nitrogen and oxygen atoms in total. The molecule has 0 bridgehead atoms. The number of nitrogens with zero attached hydrogens (tertiary/aromatic N) is 1. The number of ether oxygens (including phenoxy) is 2. The third-order valence-corrected chi connectivity index (χ3v) is 3.36. The van der Waals surface area contributed by atoms with Gasteiger partial charge in [-0.1, -0.05) is 29.3 Å². The zero-order valence-corrected chi connectivity index (χ0v) is 13.7. The van der Waals surface area contributed by atoms with Crippen LogP contribution in [-0.4, -0.2) is 23.0 Å². The molecule has 6 heteroatoms. The fourth-order valence-corrected chi connectivity index (χ4v) is 1.92. The van der Waals surface area contributed by atoms with Crippen molar-refractivity contribution in [3.63, 3.8) is 0 Å². The summed E-state index contributed by atoms with van der Waals surface area (Å²) in [5.74, 6) is 0.635. The second kappa shape index (κ2) is 6.99. The summed E-state index contributed by atoms with van der Waals surface area (Å²) in [6, 6.07) is 11.8. The predicted octanol–water partition coefficient (Wildman–Crippen LogP) is 4.19. The van der Waals surface area contributed by atoms with Crippen LogP contribution < -0.4 is 9.47 Å². The van der Waals surface area contributed by atoms with Crippen molar-refractivity contribution in [2.24, 2.45) is 0 Å². The van der Waals surface area contributed by atoms with Gasteiger partial charge in [-0.05, 0) is 44.2 Å². The van der Waals surface area contributed by atoms with E-state index in [-0.39, 0.29) is 12.4 Å². The maximum atomic E-state index is 12.3. The fourth-order valence-electron chi connectivity index (χ4n) is 1.64. The topological polar surface area (TPSA) is 48.4 Å². The molecule has 2 aromatic rings. The summed E-state index contributed by atoms with van der Waals surface area (Å²) in [6.07, 6.45) is 0. The van der Waals surface area contributed by atoms with Gasteiger partial charge in [-0.25, -0.2) is 4.98 Å². The molecule has 1 heterocycles.